The van der Waals surface area contributed by atoms with Gasteiger partial charge in [-0.25, -0.2) is 5.01 Å². The highest BCUT2D eigenvalue weighted by molar-refractivity contribution is 8.17. The second-order valence-electron chi connectivity index (χ2n) is 8.07. The highest BCUT2D eigenvalue weighted by Crippen LogP contribution is 2.53. The zero-order valence-corrected chi connectivity index (χ0v) is 20.6. The Bertz CT molecular complexity index is 1400. The Morgan fingerprint density at radius 3 is 2.74 bits per heavy atom. The van der Waals surface area contributed by atoms with E-state index in [9.17, 15) is 4.79 Å². The Balaban J connectivity index is 1.54. The van der Waals surface area contributed by atoms with Crippen LogP contribution in [0.2, 0.25) is 15.1 Å². The maximum Gasteiger partial charge on any atom is 0.314 e. The van der Waals surface area contributed by atoms with E-state index in [-0.39, 0.29) is 11.3 Å². The zero-order valence-electron chi connectivity index (χ0n) is 17.5. The van der Waals surface area contributed by atoms with Gasteiger partial charge < -0.3 is 4.74 Å². The molecule has 2 unspecified atom stereocenters. The summed E-state index contributed by atoms with van der Waals surface area (Å²) >= 11 is 20.1. The molecule has 3 aliphatic rings. The molecule has 5 nitrogen and oxygen atoms in total. The third-order valence-corrected chi connectivity index (χ3v) is 7.98. The van der Waals surface area contributed by atoms with Gasteiger partial charge >= 0.3 is 5.85 Å². The van der Waals surface area contributed by atoms with Gasteiger partial charge in [0.2, 0.25) is 0 Å². The van der Waals surface area contributed by atoms with Gasteiger partial charge in [-0.3, -0.25) is 10.1 Å². The number of carbonyl (C=O) groups is 1. The van der Waals surface area contributed by atoms with Crippen molar-refractivity contribution in [1.29, 1.82) is 0 Å². The first-order valence-corrected chi connectivity index (χ1v) is 12.5. The fourth-order valence-corrected chi connectivity index (χ4v) is 5.91. The molecular formula is C25H16Cl3N3O2S. The standard InChI is InChI=1S/C25H16Cl3N3O2S/c26-16-9-10-21-17(12-16)20-13-19(14-5-2-1-3-6-14)30-31(20)25(33-21)22(34-24(32)29-25)11-15-7-4-8-18(27)23(15)28/h1-12,20H,13H2,(H,29,32)/b22-11-. The van der Waals surface area contributed by atoms with E-state index < -0.39 is 5.85 Å². The van der Waals surface area contributed by atoms with Crippen molar-refractivity contribution in [2.45, 2.75) is 18.3 Å². The van der Waals surface area contributed by atoms with Gasteiger partial charge in [0.15, 0.2) is 0 Å². The van der Waals surface area contributed by atoms with Crippen LogP contribution in [0.5, 0.6) is 5.75 Å². The molecule has 3 heterocycles. The predicted octanol–water partition coefficient (Wildman–Crippen LogP) is 7.34. The van der Waals surface area contributed by atoms with E-state index >= 15 is 0 Å². The number of hydrazone groups is 1. The average molecular weight is 529 g/mol. The second kappa shape index (κ2) is 8.24. The van der Waals surface area contributed by atoms with E-state index in [0.717, 1.165) is 28.6 Å². The monoisotopic (exact) mass is 527 g/mol. The van der Waals surface area contributed by atoms with Crippen LogP contribution in [-0.2, 0) is 0 Å². The highest BCUT2D eigenvalue weighted by Gasteiger charge is 2.58. The number of rotatable bonds is 2. The number of carbonyl (C=O) groups excluding carboxylic acids is 1. The summed E-state index contributed by atoms with van der Waals surface area (Å²) in [5, 5.41) is 11.0. The lowest BCUT2D eigenvalue weighted by molar-refractivity contribution is -0.0949. The molecule has 1 amide bonds. The molecule has 3 aromatic rings. The first-order chi connectivity index (χ1) is 16.4. The molecule has 1 N–H and O–H groups in total. The van der Waals surface area contributed by atoms with Crippen LogP contribution < -0.4 is 10.1 Å². The van der Waals surface area contributed by atoms with Gasteiger partial charge in [-0.1, -0.05) is 77.3 Å². The Kier molecular flexibility index (Phi) is 5.30. The second-order valence-corrected chi connectivity index (χ2v) is 10.3. The molecule has 9 heteroatoms. The van der Waals surface area contributed by atoms with Crippen LogP contribution in [0.25, 0.3) is 6.08 Å². The Morgan fingerprint density at radius 1 is 1.09 bits per heavy atom. The molecule has 170 valence electrons. The number of hydrogen-bond donors (Lipinski definition) is 1. The van der Waals surface area contributed by atoms with Crippen LogP contribution in [-0.4, -0.2) is 21.8 Å². The molecule has 34 heavy (non-hydrogen) atoms. The van der Waals surface area contributed by atoms with Crippen molar-refractivity contribution in [3.63, 3.8) is 0 Å². The fraction of sp³-hybridized carbons (Fsp3) is 0.120. The lowest BCUT2D eigenvalue weighted by Crippen LogP contribution is -2.61. The minimum absolute atomic E-state index is 0.185. The smallest absolute Gasteiger partial charge is 0.314 e. The van der Waals surface area contributed by atoms with Gasteiger partial charge in [0, 0.05) is 17.0 Å². The number of hydrogen-bond acceptors (Lipinski definition) is 5. The first-order valence-electron chi connectivity index (χ1n) is 10.5. The maximum absolute atomic E-state index is 12.8. The molecule has 0 aliphatic carbocycles. The molecule has 3 aliphatic heterocycles. The van der Waals surface area contributed by atoms with E-state index in [0.29, 0.717) is 37.7 Å². The molecule has 3 aromatic carbocycles. The van der Waals surface area contributed by atoms with Crippen molar-refractivity contribution < 1.29 is 9.53 Å². The van der Waals surface area contributed by atoms with Crippen molar-refractivity contribution in [3.8, 4) is 5.75 Å². The zero-order chi connectivity index (χ0) is 23.4. The van der Waals surface area contributed by atoms with Crippen LogP contribution in [0.15, 0.2) is 76.7 Å². The van der Waals surface area contributed by atoms with Gasteiger partial charge in [-0.15, -0.1) is 0 Å². The summed E-state index contributed by atoms with van der Waals surface area (Å²) in [6, 6.07) is 20.7. The van der Waals surface area contributed by atoms with Gasteiger partial charge in [0.05, 0.1) is 26.7 Å². The molecule has 1 saturated heterocycles. The van der Waals surface area contributed by atoms with Gasteiger partial charge in [-0.2, -0.15) is 5.10 Å². The largest absolute Gasteiger partial charge is 0.444 e. The quantitative estimate of drug-likeness (QED) is 0.378. The highest BCUT2D eigenvalue weighted by atomic mass is 35.5. The number of fused-ring (bicyclic) bond motifs is 4. The number of amides is 1. The van der Waals surface area contributed by atoms with E-state index in [1.54, 1.807) is 12.1 Å². The van der Waals surface area contributed by atoms with Crippen LogP contribution in [0.4, 0.5) is 4.79 Å². The first kappa shape index (κ1) is 21.9. The molecule has 1 fully saturated rings. The lowest BCUT2D eigenvalue weighted by Gasteiger charge is -2.45. The SMILES string of the molecule is O=C1NC2(Oc3ccc(Cl)cc3C3CC(c4ccccc4)=NN32)/C(=C/c2cccc(Cl)c2Cl)S1. The average Bonchev–Trinajstić information content (AvgIpc) is 3.41. The van der Waals surface area contributed by atoms with Crippen molar-refractivity contribution in [2.75, 3.05) is 0 Å². The summed E-state index contributed by atoms with van der Waals surface area (Å²) in [6.45, 7) is 0. The number of nitrogens with zero attached hydrogens (tertiary/aromatic N) is 2. The molecule has 2 atom stereocenters. The molecule has 6 rings (SSSR count). The Morgan fingerprint density at radius 2 is 1.91 bits per heavy atom. The summed E-state index contributed by atoms with van der Waals surface area (Å²) in [7, 11) is 0. The molecule has 0 radical (unpaired) electrons. The molecular weight excluding hydrogens is 513 g/mol. The Hall–Kier alpha value is -2.64. The summed E-state index contributed by atoms with van der Waals surface area (Å²) in [6.07, 6.45) is 2.46. The van der Waals surface area contributed by atoms with Gasteiger partial charge in [-0.05, 0) is 53.2 Å². The molecule has 0 saturated carbocycles. The number of ether oxygens (including phenoxy) is 1. The molecule has 0 aromatic heterocycles. The van der Waals surface area contributed by atoms with Crippen molar-refractivity contribution in [2.24, 2.45) is 5.10 Å². The van der Waals surface area contributed by atoms with E-state index in [2.05, 4.69) is 5.32 Å². The molecule has 0 bridgehead atoms. The summed E-state index contributed by atoms with van der Waals surface area (Å²) in [4.78, 5) is 13.4. The number of thioether (sulfide) groups is 1. The molecule has 1 spiro atoms. The van der Waals surface area contributed by atoms with Gasteiger partial charge in [0.1, 0.15) is 5.75 Å². The van der Waals surface area contributed by atoms with Crippen LogP contribution >= 0.6 is 46.6 Å². The van der Waals surface area contributed by atoms with Crippen LogP contribution in [0, 0.1) is 0 Å². The van der Waals surface area contributed by atoms with Crippen molar-refractivity contribution in [3.05, 3.63) is 103 Å². The normalized spacial score (nSPS) is 24.0. The van der Waals surface area contributed by atoms with E-state index in [4.69, 9.17) is 44.6 Å². The summed E-state index contributed by atoms with van der Waals surface area (Å²) in [5.41, 5.74) is 3.50. The maximum atomic E-state index is 12.8. The number of nitrogens with one attached hydrogen (secondary N) is 1. The van der Waals surface area contributed by atoms with E-state index in [1.165, 1.54) is 0 Å². The number of benzene rings is 3. The van der Waals surface area contributed by atoms with Crippen LogP contribution in [0.1, 0.15) is 29.2 Å². The Labute approximate surface area is 215 Å². The summed E-state index contributed by atoms with van der Waals surface area (Å²) in [5.74, 6) is -0.684. The van der Waals surface area contributed by atoms with Gasteiger partial charge in [0.25, 0.3) is 5.24 Å². The minimum Gasteiger partial charge on any atom is -0.444 e. The summed E-state index contributed by atoms with van der Waals surface area (Å²) < 4.78 is 6.52. The lowest BCUT2D eigenvalue weighted by atomic mass is 9.95. The van der Waals surface area contributed by atoms with Crippen molar-refractivity contribution in [1.82, 2.24) is 10.3 Å². The van der Waals surface area contributed by atoms with E-state index in [1.807, 2.05) is 65.7 Å². The van der Waals surface area contributed by atoms with Crippen molar-refractivity contribution >= 4 is 63.6 Å². The predicted molar refractivity (Wildman–Crippen MR) is 138 cm³/mol. The van der Waals surface area contributed by atoms with Crippen LogP contribution in [0.3, 0.4) is 0 Å². The fourth-order valence-electron chi connectivity index (χ4n) is 4.47. The third kappa shape index (κ3) is 3.48. The third-order valence-electron chi connectivity index (χ3n) is 6.00. The number of halogens is 3. The minimum atomic E-state index is -1.32. The topological polar surface area (TPSA) is 53.9 Å².